The topological polar surface area (TPSA) is 86.7 Å². The number of nitrogens with one attached hydrogen (secondary N) is 1. The van der Waals surface area contributed by atoms with Crippen LogP contribution in [0.15, 0.2) is 18.2 Å². The van der Waals surface area contributed by atoms with Crippen molar-refractivity contribution in [2.45, 2.75) is 32.2 Å². The van der Waals surface area contributed by atoms with Crippen molar-refractivity contribution < 1.29 is 22.7 Å². The number of carboxylic acids is 1. The lowest BCUT2D eigenvalue weighted by Gasteiger charge is -2.31. The van der Waals surface area contributed by atoms with Gasteiger partial charge >= 0.3 is 16.2 Å². The fraction of sp³-hybridized carbons (Fsp3) is 0.462. The molecule has 0 aromatic heterocycles. The van der Waals surface area contributed by atoms with Gasteiger partial charge in [0.15, 0.2) is 0 Å². The van der Waals surface area contributed by atoms with Crippen LogP contribution in [0, 0.1) is 12.7 Å². The Morgan fingerprint density at radius 3 is 2.76 bits per heavy atom. The molecule has 1 unspecified atom stereocenters. The molecule has 21 heavy (non-hydrogen) atoms. The summed E-state index contributed by atoms with van der Waals surface area (Å²) in [6, 6.07) is 3.00. The van der Waals surface area contributed by atoms with Crippen molar-refractivity contribution >= 4 is 21.9 Å². The molecule has 1 aliphatic heterocycles. The molecular formula is C13H17FN2O4S. The van der Waals surface area contributed by atoms with Gasteiger partial charge in [0.05, 0.1) is 5.69 Å². The zero-order valence-electron chi connectivity index (χ0n) is 11.5. The molecule has 1 fully saturated rings. The van der Waals surface area contributed by atoms with Crippen LogP contribution in [0.1, 0.15) is 24.8 Å². The van der Waals surface area contributed by atoms with Gasteiger partial charge in [0.1, 0.15) is 11.9 Å². The summed E-state index contributed by atoms with van der Waals surface area (Å²) >= 11 is 0. The van der Waals surface area contributed by atoms with E-state index in [2.05, 4.69) is 4.72 Å². The van der Waals surface area contributed by atoms with Crippen LogP contribution in [0.4, 0.5) is 10.1 Å². The highest BCUT2D eigenvalue weighted by molar-refractivity contribution is 7.90. The lowest BCUT2D eigenvalue weighted by atomic mass is 10.1. The summed E-state index contributed by atoms with van der Waals surface area (Å²) < 4.78 is 41.3. The van der Waals surface area contributed by atoms with Crippen LogP contribution in [-0.4, -0.2) is 36.4 Å². The number of carboxylic acid groups (broad SMARTS) is 1. The van der Waals surface area contributed by atoms with E-state index in [0.717, 1.165) is 4.31 Å². The Kier molecular flexibility index (Phi) is 4.48. The van der Waals surface area contributed by atoms with Gasteiger partial charge in [-0.1, -0.05) is 6.07 Å². The number of benzene rings is 1. The normalized spacial score (nSPS) is 20.2. The van der Waals surface area contributed by atoms with Crippen LogP contribution in [0.2, 0.25) is 0 Å². The molecule has 1 atom stereocenters. The van der Waals surface area contributed by atoms with Crippen LogP contribution in [0.25, 0.3) is 0 Å². The molecule has 1 aromatic rings. The number of halogens is 1. The zero-order chi connectivity index (χ0) is 15.6. The van der Waals surface area contributed by atoms with E-state index in [1.807, 2.05) is 0 Å². The fourth-order valence-corrected chi connectivity index (χ4v) is 3.80. The Hall–Kier alpha value is -1.67. The summed E-state index contributed by atoms with van der Waals surface area (Å²) in [5, 5.41) is 9.12. The molecule has 0 bridgehead atoms. The van der Waals surface area contributed by atoms with Gasteiger partial charge in [0, 0.05) is 6.54 Å². The predicted molar refractivity (Wildman–Crippen MR) is 75.7 cm³/mol. The third-order valence-electron chi connectivity index (χ3n) is 3.41. The van der Waals surface area contributed by atoms with Crippen molar-refractivity contribution in [1.82, 2.24) is 4.31 Å². The second kappa shape index (κ2) is 5.98. The molecule has 0 spiro atoms. The third kappa shape index (κ3) is 3.51. The van der Waals surface area contributed by atoms with Gasteiger partial charge < -0.3 is 5.11 Å². The number of anilines is 1. The van der Waals surface area contributed by atoms with E-state index >= 15 is 0 Å². The minimum atomic E-state index is -4.10. The van der Waals surface area contributed by atoms with Crippen molar-refractivity contribution in [2.75, 3.05) is 11.3 Å². The van der Waals surface area contributed by atoms with Crippen LogP contribution < -0.4 is 4.72 Å². The maximum atomic E-state index is 13.7. The molecule has 1 aromatic carbocycles. The van der Waals surface area contributed by atoms with E-state index in [1.165, 1.54) is 12.1 Å². The van der Waals surface area contributed by atoms with E-state index in [4.69, 9.17) is 5.11 Å². The lowest BCUT2D eigenvalue weighted by Crippen LogP contribution is -2.50. The Morgan fingerprint density at radius 1 is 1.43 bits per heavy atom. The van der Waals surface area contributed by atoms with Gasteiger partial charge in [-0.05, 0) is 43.9 Å². The van der Waals surface area contributed by atoms with E-state index in [9.17, 15) is 17.6 Å². The van der Waals surface area contributed by atoms with Crippen LogP contribution >= 0.6 is 0 Å². The molecule has 0 radical (unpaired) electrons. The van der Waals surface area contributed by atoms with E-state index in [0.29, 0.717) is 18.4 Å². The summed E-state index contributed by atoms with van der Waals surface area (Å²) in [6.07, 6.45) is 1.50. The second-order valence-electron chi connectivity index (χ2n) is 5.05. The summed E-state index contributed by atoms with van der Waals surface area (Å²) in [7, 11) is -4.10. The first-order chi connectivity index (χ1) is 9.81. The Bertz CT molecular complexity index is 648. The third-order valence-corrected chi connectivity index (χ3v) is 4.94. The average Bonchev–Trinajstić information content (AvgIpc) is 2.42. The molecule has 2 N–H and O–H groups in total. The van der Waals surface area contributed by atoms with Gasteiger partial charge in [0.2, 0.25) is 0 Å². The Labute approximate surface area is 122 Å². The minimum Gasteiger partial charge on any atom is -0.480 e. The number of aryl methyl sites for hydroxylation is 1. The standard InChI is InChI=1S/C13H17FN2O4S/c1-9-5-6-11(10(14)8-9)15-21(19,20)16-7-3-2-4-12(16)13(17)18/h5-6,8,12,15H,2-4,7H2,1H3,(H,17,18). The average molecular weight is 316 g/mol. The number of aliphatic carboxylic acids is 1. The molecule has 1 heterocycles. The Morgan fingerprint density at radius 2 is 2.14 bits per heavy atom. The highest BCUT2D eigenvalue weighted by atomic mass is 32.2. The highest BCUT2D eigenvalue weighted by Gasteiger charge is 2.37. The Balaban J connectivity index is 2.26. The van der Waals surface area contributed by atoms with E-state index < -0.39 is 28.0 Å². The maximum absolute atomic E-state index is 13.7. The summed E-state index contributed by atoms with van der Waals surface area (Å²) in [4.78, 5) is 11.2. The van der Waals surface area contributed by atoms with E-state index in [1.54, 1.807) is 13.0 Å². The smallest absolute Gasteiger partial charge is 0.322 e. The number of hydrogen-bond acceptors (Lipinski definition) is 3. The summed E-state index contributed by atoms with van der Waals surface area (Å²) in [6.45, 7) is 1.80. The molecule has 1 saturated heterocycles. The quantitative estimate of drug-likeness (QED) is 0.885. The van der Waals surface area contributed by atoms with Crippen LogP contribution in [0.5, 0.6) is 0 Å². The maximum Gasteiger partial charge on any atom is 0.322 e. The molecule has 2 rings (SSSR count). The molecule has 1 aliphatic rings. The molecule has 0 aliphatic carbocycles. The van der Waals surface area contributed by atoms with Crippen molar-refractivity contribution in [3.8, 4) is 0 Å². The zero-order valence-corrected chi connectivity index (χ0v) is 12.4. The number of piperidine rings is 1. The molecule has 0 saturated carbocycles. The van der Waals surface area contributed by atoms with Gasteiger partial charge in [-0.3, -0.25) is 9.52 Å². The largest absolute Gasteiger partial charge is 0.480 e. The second-order valence-corrected chi connectivity index (χ2v) is 6.67. The summed E-state index contributed by atoms with van der Waals surface area (Å²) in [5.74, 6) is -1.88. The van der Waals surface area contributed by atoms with Crippen LogP contribution in [0.3, 0.4) is 0 Å². The molecule has 8 heteroatoms. The monoisotopic (exact) mass is 316 g/mol. The highest BCUT2D eigenvalue weighted by Crippen LogP contribution is 2.23. The van der Waals surface area contributed by atoms with Gasteiger partial charge in [-0.2, -0.15) is 12.7 Å². The van der Waals surface area contributed by atoms with Crippen LogP contribution in [-0.2, 0) is 15.0 Å². The van der Waals surface area contributed by atoms with Gasteiger partial charge in [-0.15, -0.1) is 0 Å². The number of carbonyl (C=O) groups is 1. The van der Waals surface area contributed by atoms with Gasteiger partial charge in [-0.25, -0.2) is 4.39 Å². The van der Waals surface area contributed by atoms with Crippen molar-refractivity contribution in [2.24, 2.45) is 0 Å². The lowest BCUT2D eigenvalue weighted by molar-refractivity contribution is -0.142. The van der Waals surface area contributed by atoms with E-state index in [-0.39, 0.29) is 18.7 Å². The SMILES string of the molecule is Cc1ccc(NS(=O)(=O)N2CCCCC2C(=O)O)c(F)c1. The fourth-order valence-electron chi connectivity index (χ4n) is 2.34. The molecular weight excluding hydrogens is 299 g/mol. The molecule has 116 valence electrons. The van der Waals surface area contributed by atoms with Crippen molar-refractivity contribution in [3.63, 3.8) is 0 Å². The number of rotatable bonds is 4. The first-order valence-electron chi connectivity index (χ1n) is 6.60. The molecule has 0 amide bonds. The summed E-state index contributed by atoms with van der Waals surface area (Å²) in [5.41, 5.74) is 0.479. The number of nitrogens with zero attached hydrogens (tertiary/aromatic N) is 1. The molecule has 6 nitrogen and oxygen atoms in total. The minimum absolute atomic E-state index is 0.111. The first kappa shape index (κ1) is 15.7. The van der Waals surface area contributed by atoms with Crippen molar-refractivity contribution in [3.05, 3.63) is 29.6 Å². The first-order valence-corrected chi connectivity index (χ1v) is 8.04. The number of hydrogen-bond donors (Lipinski definition) is 2. The predicted octanol–water partition coefficient (Wildman–Crippen LogP) is 1.73. The van der Waals surface area contributed by atoms with Crippen molar-refractivity contribution in [1.29, 1.82) is 0 Å². The van der Waals surface area contributed by atoms with Gasteiger partial charge in [0.25, 0.3) is 0 Å².